The highest BCUT2D eigenvalue weighted by atomic mass is 16.5. The molecule has 10 nitrogen and oxygen atoms in total. The molecule has 1 unspecified atom stereocenters. The minimum Gasteiger partial charge on any atom is -0.475 e. The van der Waals surface area contributed by atoms with Gasteiger partial charge in [-0.3, -0.25) is 24.3 Å². The Bertz CT molecular complexity index is 1610. The first-order valence-corrected chi connectivity index (χ1v) is 15.0. The quantitative estimate of drug-likeness (QED) is 0.353. The fourth-order valence-electron chi connectivity index (χ4n) is 5.82. The zero-order chi connectivity index (χ0) is 32.4. The van der Waals surface area contributed by atoms with Crippen molar-refractivity contribution in [1.82, 2.24) is 20.1 Å². The highest BCUT2D eigenvalue weighted by Gasteiger charge is 2.55. The van der Waals surface area contributed by atoms with Gasteiger partial charge in [0.05, 0.1) is 17.3 Å². The van der Waals surface area contributed by atoms with Gasteiger partial charge in [0.15, 0.2) is 0 Å². The van der Waals surface area contributed by atoms with Crippen LogP contribution < -0.4 is 5.32 Å². The predicted octanol–water partition coefficient (Wildman–Crippen LogP) is 4.03. The maximum atomic E-state index is 15.0. The molecule has 0 aliphatic carbocycles. The molecule has 3 amide bonds. The van der Waals surface area contributed by atoms with Crippen LogP contribution in [0.25, 0.3) is 5.70 Å². The van der Waals surface area contributed by atoms with Crippen molar-refractivity contribution in [3.8, 4) is 0 Å². The molecule has 0 saturated carbocycles. The molecule has 0 saturated heterocycles. The molecule has 0 fully saturated rings. The maximum absolute atomic E-state index is 15.0. The molecule has 0 radical (unpaired) electrons. The summed E-state index contributed by atoms with van der Waals surface area (Å²) in [6.45, 7) is 8.93. The zero-order valence-corrected chi connectivity index (χ0v) is 26.2. The van der Waals surface area contributed by atoms with E-state index in [1.165, 1.54) is 29.1 Å². The van der Waals surface area contributed by atoms with Crippen LogP contribution in [0.15, 0.2) is 96.4 Å². The summed E-state index contributed by atoms with van der Waals surface area (Å²) in [4.78, 5) is 53.4. The van der Waals surface area contributed by atoms with Gasteiger partial charge in [0.25, 0.3) is 11.8 Å². The Kier molecular flexibility index (Phi) is 8.88. The van der Waals surface area contributed by atoms with Crippen LogP contribution in [0.1, 0.15) is 56.1 Å². The van der Waals surface area contributed by atoms with E-state index in [1.54, 1.807) is 18.3 Å². The number of aliphatic hydroxyl groups is 1. The summed E-state index contributed by atoms with van der Waals surface area (Å²) >= 11 is 0. The third-order valence-corrected chi connectivity index (χ3v) is 7.90. The van der Waals surface area contributed by atoms with Crippen molar-refractivity contribution in [2.24, 2.45) is 10.9 Å². The molecule has 2 N–H and O–H groups in total. The van der Waals surface area contributed by atoms with E-state index < -0.39 is 35.2 Å². The van der Waals surface area contributed by atoms with Crippen molar-refractivity contribution in [2.45, 2.75) is 64.4 Å². The Morgan fingerprint density at radius 1 is 1.04 bits per heavy atom. The second kappa shape index (κ2) is 12.6. The molecule has 5 rings (SSSR count). The number of aromatic nitrogens is 1. The summed E-state index contributed by atoms with van der Waals surface area (Å²) < 4.78 is 5.97. The number of hydrogen-bond acceptors (Lipinski definition) is 7. The maximum Gasteiger partial charge on any atom is 0.258 e. The number of aliphatic imine (C=N–C) groups is 1. The lowest BCUT2D eigenvalue weighted by atomic mass is 9.88. The van der Waals surface area contributed by atoms with Gasteiger partial charge in [0, 0.05) is 31.1 Å². The molecule has 1 aromatic heterocycles. The Morgan fingerprint density at radius 3 is 2.22 bits per heavy atom. The van der Waals surface area contributed by atoms with Gasteiger partial charge in [-0.25, -0.2) is 4.99 Å². The van der Waals surface area contributed by atoms with E-state index in [9.17, 15) is 19.5 Å². The van der Waals surface area contributed by atoms with E-state index in [0.717, 1.165) is 5.56 Å². The van der Waals surface area contributed by atoms with Gasteiger partial charge in [-0.1, -0.05) is 74.5 Å². The molecule has 10 heteroatoms. The van der Waals surface area contributed by atoms with E-state index in [4.69, 9.17) is 4.74 Å². The molecule has 2 aliphatic heterocycles. The van der Waals surface area contributed by atoms with E-state index in [1.807, 2.05) is 88.4 Å². The van der Waals surface area contributed by atoms with Crippen LogP contribution in [0.3, 0.4) is 0 Å². The summed E-state index contributed by atoms with van der Waals surface area (Å²) in [5, 5.41) is 15.4. The lowest BCUT2D eigenvalue weighted by Gasteiger charge is -2.48. The fourth-order valence-corrected chi connectivity index (χ4v) is 5.82. The van der Waals surface area contributed by atoms with Crippen LogP contribution >= 0.6 is 0 Å². The van der Waals surface area contributed by atoms with Gasteiger partial charge in [0.1, 0.15) is 12.6 Å². The molecule has 45 heavy (non-hydrogen) atoms. The molecule has 2 aromatic carbocycles. The molecule has 3 atom stereocenters. The minimum atomic E-state index is -2.22. The minimum absolute atomic E-state index is 0.0831. The number of amides is 3. The lowest BCUT2D eigenvalue weighted by Crippen LogP contribution is -2.70. The average Bonchev–Trinajstić information content (AvgIpc) is 3.40. The Morgan fingerprint density at radius 2 is 1.67 bits per heavy atom. The Labute approximate surface area is 263 Å². The van der Waals surface area contributed by atoms with Crippen molar-refractivity contribution < 1.29 is 24.2 Å². The normalized spacial score (nSPS) is 19.7. The molecular weight excluding hydrogens is 570 g/mol. The topological polar surface area (TPSA) is 124 Å². The van der Waals surface area contributed by atoms with Crippen LogP contribution in [0.5, 0.6) is 0 Å². The number of ether oxygens (including phenoxy) is 1. The first-order valence-electron chi connectivity index (χ1n) is 15.0. The number of benzene rings is 2. The number of carbonyl (C=O) groups excluding carboxylic acids is 3. The summed E-state index contributed by atoms with van der Waals surface area (Å²) in [6.07, 6.45) is 4.85. The van der Waals surface area contributed by atoms with Gasteiger partial charge in [-0.05, 0) is 49.4 Å². The number of hydrogen-bond donors (Lipinski definition) is 2. The van der Waals surface area contributed by atoms with E-state index in [0.29, 0.717) is 16.8 Å². The molecule has 3 aromatic rings. The van der Waals surface area contributed by atoms with Crippen molar-refractivity contribution in [3.05, 3.63) is 108 Å². The molecular formula is C35H39N5O5. The standard InChI is InChI=1S/C35H39N5O5/c1-23(2)30-32(43)40(28(26-14-10-7-11-15-26)21-39(30)31(42)27-16-18-36-19-17-27)29(20-25-12-8-6-9-13-25)35(44,37-24(3)41)33-38-34(4,5)22-45-33/h6-19,21,23,29-30,44H,20,22H2,1-5H3,(H,37,41)/t29-,30+,35?/m0/s1. The summed E-state index contributed by atoms with van der Waals surface area (Å²) in [5.41, 5.74) is -0.691. The fraction of sp³-hybridized carbons (Fsp3) is 0.343. The highest BCUT2D eigenvalue weighted by molar-refractivity contribution is 6.03. The SMILES string of the molecule is CC(=O)NC(O)(C1=NC(C)(C)CO1)[C@H](Cc1ccccc1)N1C(=O)[C@@H](C(C)C)N(C(=O)c2ccncc2)C=C1c1ccccc1. The van der Waals surface area contributed by atoms with Crippen LogP contribution in [0, 0.1) is 5.92 Å². The highest BCUT2D eigenvalue weighted by Crippen LogP contribution is 2.37. The van der Waals surface area contributed by atoms with Gasteiger partial charge >= 0.3 is 0 Å². The number of nitrogens with zero attached hydrogens (tertiary/aromatic N) is 4. The second-order valence-corrected chi connectivity index (χ2v) is 12.4. The number of nitrogens with one attached hydrogen (secondary N) is 1. The monoisotopic (exact) mass is 609 g/mol. The van der Waals surface area contributed by atoms with E-state index in [2.05, 4.69) is 15.3 Å². The third kappa shape index (κ3) is 6.51. The molecule has 0 bridgehead atoms. The van der Waals surface area contributed by atoms with Gasteiger partial charge in [-0.2, -0.15) is 0 Å². The number of pyridine rings is 1. The molecule has 2 aliphatic rings. The van der Waals surface area contributed by atoms with Crippen LogP contribution in [0.4, 0.5) is 0 Å². The van der Waals surface area contributed by atoms with Gasteiger partial charge in [-0.15, -0.1) is 0 Å². The third-order valence-electron chi connectivity index (χ3n) is 7.90. The summed E-state index contributed by atoms with van der Waals surface area (Å²) in [5.74, 6) is -1.71. The van der Waals surface area contributed by atoms with Crippen molar-refractivity contribution in [2.75, 3.05) is 6.61 Å². The largest absolute Gasteiger partial charge is 0.475 e. The predicted molar refractivity (Wildman–Crippen MR) is 170 cm³/mol. The van der Waals surface area contributed by atoms with Crippen molar-refractivity contribution >= 4 is 29.3 Å². The van der Waals surface area contributed by atoms with Gasteiger partial charge < -0.3 is 20.1 Å². The molecule has 3 heterocycles. The number of carbonyl (C=O) groups is 3. The van der Waals surface area contributed by atoms with E-state index in [-0.39, 0.29) is 30.8 Å². The van der Waals surface area contributed by atoms with Crippen molar-refractivity contribution in [1.29, 1.82) is 0 Å². The zero-order valence-electron chi connectivity index (χ0n) is 26.2. The average molecular weight is 610 g/mol. The summed E-state index contributed by atoms with van der Waals surface area (Å²) in [7, 11) is 0. The lowest BCUT2D eigenvalue weighted by molar-refractivity contribution is -0.144. The first-order chi connectivity index (χ1) is 21.4. The first kappa shape index (κ1) is 31.6. The number of rotatable bonds is 9. The van der Waals surface area contributed by atoms with Gasteiger partial charge in [0.2, 0.25) is 17.5 Å². The Hall–Kier alpha value is -4.83. The van der Waals surface area contributed by atoms with Crippen LogP contribution in [-0.4, -0.2) is 73.5 Å². The molecule has 0 spiro atoms. The Balaban J connectivity index is 1.77. The van der Waals surface area contributed by atoms with E-state index >= 15 is 0 Å². The summed E-state index contributed by atoms with van der Waals surface area (Å²) in [6, 6.07) is 19.8. The van der Waals surface area contributed by atoms with Crippen LogP contribution in [0.2, 0.25) is 0 Å². The smallest absolute Gasteiger partial charge is 0.258 e. The molecule has 234 valence electrons. The van der Waals surface area contributed by atoms with Crippen molar-refractivity contribution in [3.63, 3.8) is 0 Å². The second-order valence-electron chi connectivity index (χ2n) is 12.4. The van der Waals surface area contributed by atoms with Crippen LogP contribution in [-0.2, 0) is 20.7 Å².